The summed E-state index contributed by atoms with van der Waals surface area (Å²) in [4.78, 5) is 24.0. The van der Waals surface area contributed by atoms with E-state index in [1.807, 2.05) is 18.2 Å². The summed E-state index contributed by atoms with van der Waals surface area (Å²) in [6.07, 6.45) is 0.0291. The Bertz CT molecular complexity index is 731. The average molecular weight is 313 g/mol. The van der Waals surface area contributed by atoms with Crippen molar-refractivity contribution < 1.29 is 14.0 Å². The lowest BCUT2D eigenvalue weighted by molar-refractivity contribution is -0.125. The van der Waals surface area contributed by atoms with Crippen molar-refractivity contribution in [1.29, 1.82) is 0 Å². The van der Waals surface area contributed by atoms with Gasteiger partial charge in [-0.2, -0.15) is 0 Å². The van der Waals surface area contributed by atoms with Crippen molar-refractivity contribution in [3.63, 3.8) is 0 Å². The van der Waals surface area contributed by atoms with Crippen molar-refractivity contribution in [3.8, 4) is 0 Å². The topological polar surface area (TPSA) is 70.2 Å². The minimum absolute atomic E-state index is 0.0291. The smallest absolute Gasteiger partial charge is 0.247 e. The molecule has 23 heavy (non-hydrogen) atoms. The average Bonchev–Trinajstić information content (AvgIpc) is 2.55. The Morgan fingerprint density at radius 2 is 1.78 bits per heavy atom. The second kappa shape index (κ2) is 6.48. The van der Waals surface area contributed by atoms with E-state index in [0.717, 1.165) is 11.3 Å². The van der Waals surface area contributed by atoms with Crippen LogP contribution in [-0.2, 0) is 16.1 Å². The molecule has 2 amide bonds. The van der Waals surface area contributed by atoms with Crippen LogP contribution in [0, 0.1) is 5.82 Å². The highest BCUT2D eigenvalue weighted by atomic mass is 19.1. The van der Waals surface area contributed by atoms with Crippen LogP contribution in [0.4, 0.5) is 15.8 Å². The molecule has 3 rings (SSSR count). The third-order valence-corrected chi connectivity index (χ3v) is 3.62. The third kappa shape index (κ3) is 3.66. The first kappa shape index (κ1) is 15.0. The summed E-state index contributed by atoms with van der Waals surface area (Å²) < 4.78 is 12.8. The van der Waals surface area contributed by atoms with Gasteiger partial charge in [0.05, 0.1) is 17.8 Å². The van der Waals surface area contributed by atoms with Crippen molar-refractivity contribution in [2.75, 3.05) is 10.6 Å². The summed E-state index contributed by atoms with van der Waals surface area (Å²) in [5.74, 6) is -0.802. The van der Waals surface area contributed by atoms with Gasteiger partial charge < -0.3 is 16.0 Å². The zero-order chi connectivity index (χ0) is 16.2. The quantitative estimate of drug-likeness (QED) is 0.811. The number of hydrogen-bond donors (Lipinski definition) is 3. The monoisotopic (exact) mass is 313 g/mol. The van der Waals surface area contributed by atoms with Gasteiger partial charge in [-0.05, 0) is 29.8 Å². The molecule has 118 valence electrons. The number of carbonyl (C=O) groups excluding carboxylic acids is 2. The molecule has 0 bridgehead atoms. The maximum absolute atomic E-state index is 12.8. The van der Waals surface area contributed by atoms with Crippen LogP contribution in [-0.4, -0.2) is 17.9 Å². The normalized spacial score (nSPS) is 16.0. The van der Waals surface area contributed by atoms with Gasteiger partial charge in [-0.1, -0.05) is 24.3 Å². The van der Waals surface area contributed by atoms with Crippen LogP contribution < -0.4 is 16.0 Å². The van der Waals surface area contributed by atoms with Crippen molar-refractivity contribution in [2.24, 2.45) is 0 Å². The molecule has 6 heteroatoms. The summed E-state index contributed by atoms with van der Waals surface area (Å²) in [5, 5.41) is 8.56. The lowest BCUT2D eigenvalue weighted by atomic mass is 10.1. The Kier molecular flexibility index (Phi) is 4.23. The lowest BCUT2D eigenvalue weighted by Crippen LogP contribution is -2.42. The molecule has 0 fully saturated rings. The SMILES string of the molecule is O=C(CC1Nc2ccccc2NC1=O)NCc1ccc(F)cc1. The van der Waals surface area contributed by atoms with Crippen molar-refractivity contribution >= 4 is 23.2 Å². The molecule has 0 spiro atoms. The fraction of sp³-hybridized carbons (Fsp3) is 0.176. The molecular formula is C17H16FN3O2. The van der Waals surface area contributed by atoms with E-state index in [1.54, 1.807) is 18.2 Å². The minimum Gasteiger partial charge on any atom is -0.372 e. The van der Waals surface area contributed by atoms with E-state index in [2.05, 4.69) is 16.0 Å². The number of nitrogens with one attached hydrogen (secondary N) is 3. The summed E-state index contributed by atoms with van der Waals surface area (Å²) in [6.45, 7) is 0.296. The molecule has 0 saturated carbocycles. The van der Waals surface area contributed by atoms with Crippen LogP contribution >= 0.6 is 0 Å². The Hall–Kier alpha value is -2.89. The number of halogens is 1. The number of fused-ring (bicyclic) bond motifs is 1. The van der Waals surface area contributed by atoms with Gasteiger partial charge in [0.15, 0.2) is 0 Å². The fourth-order valence-electron chi connectivity index (χ4n) is 2.40. The van der Waals surface area contributed by atoms with Gasteiger partial charge in [-0.25, -0.2) is 4.39 Å². The van der Waals surface area contributed by atoms with Crippen molar-refractivity contribution in [1.82, 2.24) is 5.32 Å². The first-order chi connectivity index (χ1) is 11.1. The predicted molar refractivity (Wildman–Crippen MR) is 85.3 cm³/mol. The first-order valence-electron chi connectivity index (χ1n) is 7.29. The molecule has 1 atom stereocenters. The number of para-hydroxylation sites is 2. The van der Waals surface area contributed by atoms with Gasteiger partial charge in [0.1, 0.15) is 11.9 Å². The van der Waals surface area contributed by atoms with Crippen LogP contribution in [0.25, 0.3) is 0 Å². The van der Waals surface area contributed by atoms with Crippen molar-refractivity contribution in [3.05, 3.63) is 59.9 Å². The number of anilines is 2. The van der Waals surface area contributed by atoms with Gasteiger partial charge in [0.25, 0.3) is 0 Å². The highest BCUT2D eigenvalue weighted by Gasteiger charge is 2.27. The first-order valence-corrected chi connectivity index (χ1v) is 7.29. The number of carbonyl (C=O) groups is 2. The maximum Gasteiger partial charge on any atom is 0.247 e. The summed E-state index contributed by atoms with van der Waals surface area (Å²) in [5.41, 5.74) is 2.30. The number of benzene rings is 2. The standard InChI is InChI=1S/C17H16FN3O2/c18-12-7-5-11(6-8-12)10-19-16(22)9-15-17(23)21-14-4-2-1-3-13(14)20-15/h1-8,15,20H,9-10H2,(H,19,22)(H,21,23). The minimum atomic E-state index is -0.613. The van der Waals surface area contributed by atoms with Crippen LogP contribution in [0.5, 0.6) is 0 Å². The Labute approximate surface area is 132 Å². The molecule has 0 aromatic heterocycles. The number of rotatable bonds is 4. The highest BCUT2D eigenvalue weighted by Crippen LogP contribution is 2.26. The largest absolute Gasteiger partial charge is 0.372 e. The van der Waals surface area contributed by atoms with E-state index in [4.69, 9.17) is 0 Å². The Balaban J connectivity index is 1.56. The van der Waals surface area contributed by atoms with Gasteiger partial charge in [-0.15, -0.1) is 0 Å². The molecule has 1 unspecified atom stereocenters. The van der Waals surface area contributed by atoms with E-state index in [-0.39, 0.29) is 24.1 Å². The zero-order valence-corrected chi connectivity index (χ0v) is 12.3. The van der Waals surface area contributed by atoms with E-state index >= 15 is 0 Å². The molecule has 0 aliphatic carbocycles. The molecule has 1 aliphatic heterocycles. The molecule has 1 aliphatic rings. The van der Waals surface area contributed by atoms with Gasteiger partial charge in [-0.3, -0.25) is 9.59 Å². The Morgan fingerprint density at radius 1 is 1.09 bits per heavy atom. The molecule has 0 saturated heterocycles. The van der Waals surface area contributed by atoms with E-state index in [9.17, 15) is 14.0 Å². The lowest BCUT2D eigenvalue weighted by Gasteiger charge is -2.26. The molecular weight excluding hydrogens is 297 g/mol. The Morgan fingerprint density at radius 3 is 2.52 bits per heavy atom. The van der Waals surface area contributed by atoms with Crippen LogP contribution in [0.15, 0.2) is 48.5 Å². The van der Waals surface area contributed by atoms with E-state index in [0.29, 0.717) is 12.2 Å². The van der Waals surface area contributed by atoms with Crippen LogP contribution in [0.3, 0.4) is 0 Å². The molecule has 1 heterocycles. The zero-order valence-electron chi connectivity index (χ0n) is 12.3. The number of amides is 2. The fourth-order valence-corrected chi connectivity index (χ4v) is 2.40. The molecule has 3 N–H and O–H groups in total. The van der Waals surface area contributed by atoms with Gasteiger partial charge in [0.2, 0.25) is 11.8 Å². The molecule has 0 radical (unpaired) electrons. The third-order valence-electron chi connectivity index (χ3n) is 3.62. The van der Waals surface area contributed by atoms with Crippen molar-refractivity contribution in [2.45, 2.75) is 19.0 Å². The van der Waals surface area contributed by atoms with E-state index in [1.165, 1.54) is 12.1 Å². The van der Waals surface area contributed by atoms with Crippen LogP contribution in [0.2, 0.25) is 0 Å². The second-order valence-electron chi connectivity index (χ2n) is 5.34. The predicted octanol–water partition coefficient (Wildman–Crippen LogP) is 2.26. The molecule has 2 aromatic carbocycles. The highest BCUT2D eigenvalue weighted by molar-refractivity contribution is 6.04. The second-order valence-corrected chi connectivity index (χ2v) is 5.34. The van der Waals surface area contributed by atoms with Gasteiger partial charge in [0, 0.05) is 6.54 Å². The molecule has 2 aromatic rings. The summed E-state index contributed by atoms with van der Waals surface area (Å²) in [6, 6.07) is 12.6. The summed E-state index contributed by atoms with van der Waals surface area (Å²) in [7, 11) is 0. The molecule has 5 nitrogen and oxygen atoms in total. The van der Waals surface area contributed by atoms with Gasteiger partial charge >= 0.3 is 0 Å². The number of hydrogen-bond acceptors (Lipinski definition) is 3. The van der Waals surface area contributed by atoms with E-state index < -0.39 is 6.04 Å². The maximum atomic E-state index is 12.8. The summed E-state index contributed by atoms with van der Waals surface area (Å²) >= 11 is 0. The van der Waals surface area contributed by atoms with Crippen LogP contribution in [0.1, 0.15) is 12.0 Å².